The van der Waals surface area contributed by atoms with Crippen molar-refractivity contribution in [1.82, 2.24) is 10.6 Å². The molecule has 0 saturated carbocycles. The zero-order valence-electron chi connectivity index (χ0n) is 9.85. The maximum atomic E-state index is 10.4. The zero-order valence-corrected chi connectivity index (χ0v) is 9.85. The first kappa shape index (κ1) is 14.0. The number of hydrogen-bond acceptors (Lipinski definition) is 5. The van der Waals surface area contributed by atoms with Crippen LogP contribution in [0.15, 0.2) is 36.7 Å². The van der Waals surface area contributed by atoms with Gasteiger partial charge in [0.15, 0.2) is 0 Å². The normalized spacial score (nSPS) is 9.83. The summed E-state index contributed by atoms with van der Waals surface area (Å²) in [6, 6.07) is 7.54. The van der Waals surface area contributed by atoms with Crippen LogP contribution in [-0.4, -0.2) is 22.9 Å². The van der Waals surface area contributed by atoms with Crippen LogP contribution < -0.4 is 10.6 Å². The molecule has 6 heteroatoms. The van der Waals surface area contributed by atoms with E-state index in [2.05, 4.69) is 22.1 Å². The van der Waals surface area contributed by atoms with Crippen molar-refractivity contribution >= 4 is 5.97 Å². The molecule has 0 aromatic heterocycles. The molecule has 4 N–H and O–H groups in total. The predicted octanol–water partition coefficient (Wildman–Crippen LogP) is 0.911. The Morgan fingerprint density at radius 3 is 2.44 bits per heavy atom. The zero-order chi connectivity index (χ0) is 13.4. The van der Waals surface area contributed by atoms with Crippen LogP contribution in [0, 0.1) is 0 Å². The Morgan fingerprint density at radius 2 is 1.89 bits per heavy atom. The Hall–Kier alpha value is -2.05. The maximum absolute atomic E-state index is 10.4. The van der Waals surface area contributed by atoms with Gasteiger partial charge >= 0.3 is 5.97 Å². The van der Waals surface area contributed by atoms with Gasteiger partial charge in [0.05, 0.1) is 6.54 Å². The summed E-state index contributed by atoms with van der Waals surface area (Å²) >= 11 is 0. The lowest BCUT2D eigenvalue weighted by Crippen LogP contribution is -2.23. The van der Waals surface area contributed by atoms with Gasteiger partial charge in [-0.15, -0.1) is 0 Å². The molecule has 0 fully saturated rings. The van der Waals surface area contributed by atoms with Gasteiger partial charge in [-0.25, -0.2) is 5.26 Å². The second kappa shape index (κ2) is 7.31. The summed E-state index contributed by atoms with van der Waals surface area (Å²) in [5.41, 5.74) is 1.94. The molecule has 0 amide bonds. The molecule has 0 atom stereocenters. The van der Waals surface area contributed by atoms with E-state index in [1.807, 2.05) is 24.3 Å². The van der Waals surface area contributed by atoms with Crippen molar-refractivity contribution in [2.24, 2.45) is 0 Å². The molecule has 0 saturated heterocycles. The van der Waals surface area contributed by atoms with Gasteiger partial charge < -0.3 is 20.6 Å². The van der Waals surface area contributed by atoms with Crippen molar-refractivity contribution in [3.05, 3.63) is 47.9 Å². The summed E-state index contributed by atoms with van der Waals surface area (Å²) in [4.78, 5) is 14.3. The molecule has 1 rings (SSSR count). The number of benzene rings is 1. The van der Waals surface area contributed by atoms with Crippen molar-refractivity contribution < 1.29 is 20.0 Å². The van der Waals surface area contributed by atoms with Crippen molar-refractivity contribution in [2.45, 2.75) is 13.1 Å². The van der Waals surface area contributed by atoms with E-state index >= 15 is 0 Å². The highest BCUT2D eigenvalue weighted by molar-refractivity contribution is 5.69. The molecule has 6 nitrogen and oxygen atoms in total. The molecule has 0 bridgehead atoms. The molecule has 1 aromatic rings. The largest absolute Gasteiger partial charge is 0.480 e. The summed E-state index contributed by atoms with van der Waals surface area (Å²) < 4.78 is 0. The average Bonchev–Trinajstić information content (AvgIpc) is 2.36. The van der Waals surface area contributed by atoms with Crippen molar-refractivity contribution in [3.63, 3.8) is 0 Å². The van der Waals surface area contributed by atoms with E-state index in [1.54, 1.807) is 0 Å². The number of carbonyl (C=O) groups is 1. The van der Waals surface area contributed by atoms with E-state index in [9.17, 15) is 4.79 Å². The van der Waals surface area contributed by atoms with Gasteiger partial charge in [0.25, 0.3) is 0 Å². The van der Waals surface area contributed by atoms with Gasteiger partial charge in [0.1, 0.15) is 0 Å². The minimum absolute atomic E-state index is 0.0586. The molecule has 1 aromatic carbocycles. The van der Waals surface area contributed by atoms with Crippen molar-refractivity contribution in [1.29, 1.82) is 0 Å². The van der Waals surface area contributed by atoms with E-state index < -0.39 is 5.97 Å². The first-order valence-corrected chi connectivity index (χ1v) is 5.37. The summed E-state index contributed by atoms with van der Waals surface area (Å²) in [5.74, 6) is -0.837. The quantitative estimate of drug-likeness (QED) is 0.312. The second-order valence-corrected chi connectivity index (χ2v) is 3.63. The van der Waals surface area contributed by atoms with E-state index in [4.69, 9.17) is 10.4 Å². The van der Waals surface area contributed by atoms with Crippen LogP contribution in [0.25, 0.3) is 0 Å². The Labute approximate surface area is 105 Å². The smallest absolute Gasteiger partial charge is 0.317 e. The maximum Gasteiger partial charge on any atom is 0.317 e. The van der Waals surface area contributed by atoms with Crippen LogP contribution in [0.2, 0.25) is 0 Å². The van der Waals surface area contributed by atoms with E-state index in [-0.39, 0.29) is 12.4 Å². The molecule has 0 unspecified atom stereocenters. The third-order valence-electron chi connectivity index (χ3n) is 2.30. The van der Waals surface area contributed by atoms with Crippen LogP contribution in [0.5, 0.6) is 0 Å². The fourth-order valence-corrected chi connectivity index (χ4v) is 1.43. The molecule has 0 aliphatic carbocycles. The molecular formula is C12H16N2O4. The Bertz CT molecular complexity index is 420. The van der Waals surface area contributed by atoms with E-state index in [0.29, 0.717) is 13.1 Å². The van der Waals surface area contributed by atoms with E-state index in [1.165, 1.54) is 0 Å². The lowest BCUT2D eigenvalue weighted by Gasteiger charge is -2.11. The highest BCUT2D eigenvalue weighted by atomic mass is 17.1. The second-order valence-electron chi connectivity index (χ2n) is 3.63. The molecule has 0 heterocycles. The minimum atomic E-state index is -0.896. The molecule has 0 aliphatic heterocycles. The van der Waals surface area contributed by atoms with Gasteiger partial charge in [0.2, 0.25) is 5.88 Å². The van der Waals surface area contributed by atoms with Gasteiger partial charge in [-0.2, -0.15) is 0 Å². The third kappa shape index (κ3) is 4.86. The number of nitrogens with one attached hydrogen (secondary N) is 2. The summed E-state index contributed by atoms with van der Waals surface area (Å²) in [5, 5.41) is 22.5. The molecule has 18 heavy (non-hydrogen) atoms. The topological polar surface area (TPSA) is 90.8 Å². The SMILES string of the molecule is C=C(NCc1ccccc1CNCC(=O)O)OO. The lowest BCUT2D eigenvalue weighted by atomic mass is 10.1. The molecule has 0 spiro atoms. The minimum Gasteiger partial charge on any atom is -0.480 e. The molecule has 0 radical (unpaired) electrons. The fourth-order valence-electron chi connectivity index (χ4n) is 1.43. The lowest BCUT2D eigenvalue weighted by molar-refractivity contribution is -0.208. The standard InChI is InChI=1S/C12H16N2O4/c1-9(18-17)14-7-11-5-3-2-4-10(11)6-13-8-12(15)16/h2-5,13-14,17H,1,6-8H2,(H,15,16). The van der Waals surface area contributed by atoms with Gasteiger partial charge in [0, 0.05) is 13.1 Å². The number of carboxylic acids is 1. The first-order chi connectivity index (χ1) is 8.63. The number of carboxylic acid groups (broad SMARTS) is 1. The van der Waals surface area contributed by atoms with Crippen LogP contribution in [0.1, 0.15) is 11.1 Å². The van der Waals surface area contributed by atoms with Crippen LogP contribution in [0.4, 0.5) is 0 Å². The van der Waals surface area contributed by atoms with Crippen molar-refractivity contribution in [2.75, 3.05) is 6.54 Å². The predicted molar refractivity (Wildman–Crippen MR) is 65.5 cm³/mol. The Morgan fingerprint density at radius 1 is 1.28 bits per heavy atom. The highest BCUT2D eigenvalue weighted by Gasteiger charge is 2.03. The van der Waals surface area contributed by atoms with Gasteiger partial charge in [-0.1, -0.05) is 24.3 Å². The Kier molecular flexibility index (Phi) is 5.69. The van der Waals surface area contributed by atoms with Gasteiger partial charge in [-0.3, -0.25) is 4.79 Å². The molecule has 98 valence electrons. The Balaban J connectivity index is 2.56. The summed E-state index contributed by atoms with van der Waals surface area (Å²) in [6.45, 7) is 4.23. The highest BCUT2D eigenvalue weighted by Crippen LogP contribution is 2.08. The van der Waals surface area contributed by atoms with Gasteiger partial charge in [-0.05, 0) is 17.7 Å². The monoisotopic (exact) mass is 252 g/mol. The number of aliphatic carboxylic acids is 1. The first-order valence-electron chi connectivity index (χ1n) is 5.37. The molecule has 0 aliphatic rings. The third-order valence-corrected chi connectivity index (χ3v) is 2.30. The van der Waals surface area contributed by atoms with Crippen LogP contribution in [0.3, 0.4) is 0 Å². The number of hydrogen-bond donors (Lipinski definition) is 4. The van der Waals surface area contributed by atoms with E-state index in [0.717, 1.165) is 11.1 Å². The fraction of sp³-hybridized carbons (Fsp3) is 0.250. The average molecular weight is 252 g/mol. The summed E-state index contributed by atoms with van der Waals surface area (Å²) in [7, 11) is 0. The van der Waals surface area contributed by atoms with Crippen LogP contribution >= 0.6 is 0 Å². The number of rotatable bonds is 8. The van der Waals surface area contributed by atoms with Crippen molar-refractivity contribution in [3.8, 4) is 0 Å². The summed E-state index contributed by atoms with van der Waals surface area (Å²) in [6.07, 6.45) is 0. The molecular weight excluding hydrogens is 236 g/mol. The van der Waals surface area contributed by atoms with Crippen LogP contribution in [-0.2, 0) is 22.8 Å².